The third kappa shape index (κ3) is 3.60. The second-order valence-corrected chi connectivity index (χ2v) is 8.07. The molecule has 0 amide bonds. The number of hydrogen-bond acceptors (Lipinski definition) is 3. The first-order chi connectivity index (χ1) is 14.7. The summed E-state index contributed by atoms with van der Waals surface area (Å²) in [4.78, 5) is 20.6. The van der Waals surface area contributed by atoms with Crippen molar-refractivity contribution in [1.82, 2.24) is 9.97 Å². The monoisotopic (exact) mass is 455 g/mol. The van der Waals surface area contributed by atoms with Crippen molar-refractivity contribution in [2.24, 2.45) is 0 Å². The smallest absolute Gasteiger partial charge is 0.275 e. The molecule has 2 N–H and O–H groups in total. The molecule has 5 aromatic rings. The van der Waals surface area contributed by atoms with Gasteiger partial charge in [0.15, 0.2) is 0 Å². The van der Waals surface area contributed by atoms with Crippen LogP contribution in [0.25, 0.3) is 33.1 Å². The highest BCUT2D eigenvalue weighted by atomic mass is 79.9. The highest BCUT2D eigenvalue weighted by Gasteiger charge is 2.12. The molecule has 4 nitrogen and oxygen atoms in total. The van der Waals surface area contributed by atoms with Gasteiger partial charge in [-0.1, -0.05) is 70.5 Å². The SMILES string of the molecule is O=c1[nH]c2cc3ccccc3cc2nc1-c1ccccc1NCc1ccc(Br)cc1. The van der Waals surface area contributed by atoms with E-state index >= 15 is 0 Å². The number of para-hydroxylation sites is 1. The van der Waals surface area contributed by atoms with Gasteiger partial charge in [-0.25, -0.2) is 4.98 Å². The van der Waals surface area contributed by atoms with Crippen LogP contribution in [-0.2, 0) is 6.54 Å². The van der Waals surface area contributed by atoms with Crippen LogP contribution in [0.15, 0.2) is 94.2 Å². The van der Waals surface area contributed by atoms with Gasteiger partial charge in [0.05, 0.1) is 11.0 Å². The Hall–Kier alpha value is -3.44. The second kappa shape index (κ2) is 7.76. The van der Waals surface area contributed by atoms with Crippen LogP contribution in [0.3, 0.4) is 0 Å². The minimum Gasteiger partial charge on any atom is -0.380 e. The molecule has 0 saturated carbocycles. The zero-order valence-corrected chi connectivity index (χ0v) is 17.6. The summed E-state index contributed by atoms with van der Waals surface area (Å²) in [5, 5.41) is 5.61. The summed E-state index contributed by atoms with van der Waals surface area (Å²) < 4.78 is 1.05. The van der Waals surface area contributed by atoms with Crippen LogP contribution in [0.4, 0.5) is 5.69 Å². The van der Waals surface area contributed by atoms with Crippen LogP contribution in [0.5, 0.6) is 0 Å². The Bertz CT molecular complexity index is 1420. The van der Waals surface area contributed by atoms with Gasteiger partial charge in [-0.3, -0.25) is 4.79 Å². The molecule has 5 rings (SSSR count). The Labute approximate surface area is 181 Å². The van der Waals surface area contributed by atoms with Gasteiger partial charge in [0.25, 0.3) is 5.56 Å². The van der Waals surface area contributed by atoms with Crippen molar-refractivity contribution in [3.05, 3.63) is 105 Å². The van der Waals surface area contributed by atoms with Crippen LogP contribution >= 0.6 is 15.9 Å². The molecule has 0 saturated heterocycles. The van der Waals surface area contributed by atoms with Crippen LogP contribution in [0.1, 0.15) is 5.56 Å². The maximum absolute atomic E-state index is 12.9. The molecule has 1 heterocycles. The molecule has 0 bridgehead atoms. The average Bonchev–Trinajstić information content (AvgIpc) is 2.77. The van der Waals surface area contributed by atoms with Crippen molar-refractivity contribution in [1.29, 1.82) is 0 Å². The number of benzene rings is 4. The largest absolute Gasteiger partial charge is 0.380 e. The molecule has 1 aromatic heterocycles. The summed E-state index contributed by atoms with van der Waals surface area (Å²) in [6.07, 6.45) is 0. The summed E-state index contributed by atoms with van der Waals surface area (Å²) in [7, 11) is 0. The van der Waals surface area contributed by atoms with E-state index in [-0.39, 0.29) is 5.56 Å². The number of H-pyrrole nitrogens is 1. The van der Waals surface area contributed by atoms with Gasteiger partial charge in [0.2, 0.25) is 0 Å². The summed E-state index contributed by atoms with van der Waals surface area (Å²) in [6.45, 7) is 0.653. The standard InChI is InChI=1S/C25H18BrN3O/c26-19-11-9-16(10-12-19)15-27-21-8-4-3-7-20(21)24-25(30)29-23-14-18-6-2-1-5-17(18)13-22(23)28-24/h1-14,27H,15H2,(H,29,30). The lowest BCUT2D eigenvalue weighted by Gasteiger charge is -2.12. The molecule has 0 unspecified atom stereocenters. The van der Waals surface area contributed by atoms with Crippen molar-refractivity contribution in [2.75, 3.05) is 5.32 Å². The average molecular weight is 456 g/mol. The van der Waals surface area contributed by atoms with Crippen molar-refractivity contribution >= 4 is 43.4 Å². The van der Waals surface area contributed by atoms with Crippen LogP contribution < -0.4 is 10.9 Å². The number of halogens is 1. The van der Waals surface area contributed by atoms with Gasteiger partial charge in [0.1, 0.15) is 5.69 Å². The molecule has 4 aromatic carbocycles. The van der Waals surface area contributed by atoms with E-state index in [0.717, 1.165) is 43.1 Å². The Morgan fingerprint density at radius 2 is 1.57 bits per heavy atom. The number of nitrogens with one attached hydrogen (secondary N) is 2. The lowest BCUT2D eigenvalue weighted by molar-refractivity contribution is 1.14. The van der Waals surface area contributed by atoms with E-state index in [1.165, 1.54) is 0 Å². The predicted molar refractivity (Wildman–Crippen MR) is 127 cm³/mol. The summed E-state index contributed by atoms with van der Waals surface area (Å²) in [5.74, 6) is 0. The lowest BCUT2D eigenvalue weighted by atomic mass is 10.1. The van der Waals surface area contributed by atoms with Gasteiger partial charge in [0, 0.05) is 22.3 Å². The van der Waals surface area contributed by atoms with Crippen LogP contribution in [0.2, 0.25) is 0 Å². The fraction of sp³-hybridized carbons (Fsp3) is 0.0400. The van der Waals surface area contributed by atoms with Gasteiger partial charge in [-0.15, -0.1) is 0 Å². The Morgan fingerprint density at radius 1 is 0.867 bits per heavy atom. The highest BCUT2D eigenvalue weighted by molar-refractivity contribution is 9.10. The quantitative estimate of drug-likeness (QED) is 0.321. The molecule has 5 heteroatoms. The fourth-order valence-electron chi connectivity index (χ4n) is 3.60. The molecule has 0 aliphatic carbocycles. The van der Waals surface area contributed by atoms with E-state index in [1.54, 1.807) is 0 Å². The molecule has 0 aliphatic heterocycles. The molecule has 0 fully saturated rings. The van der Waals surface area contributed by atoms with Crippen molar-refractivity contribution < 1.29 is 0 Å². The minimum absolute atomic E-state index is 0.198. The molecule has 0 atom stereocenters. The zero-order valence-electron chi connectivity index (χ0n) is 16.0. The molecule has 30 heavy (non-hydrogen) atoms. The van der Waals surface area contributed by atoms with E-state index in [2.05, 4.69) is 44.4 Å². The Kier molecular flexibility index (Phi) is 4.81. The third-order valence-corrected chi connectivity index (χ3v) is 5.67. The minimum atomic E-state index is -0.198. The maximum atomic E-state index is 12.9. The molecule has 0 radical (unpaired) electrons. The molecular weight excluding hydrogens is 438 g/mol. The van der Waals surface area contributed by atoms with E-state index in [0.29, 0.717) is 12.2 Å². The molecular formula is C25H18BrN3O. The Morgan fingerprint density at radius 3 is 2.37 bits per heavy atom. The maximum Gasteiger partial charge on any atom is 0.275 e. The van der Waals surface area contributed by atoms with Crippen molar-refractivity contribution in [3.63, 3.8) is 0 Å². The first-order valence-electron chi connectivity index (χ1n) is 9.68. The number of anilines is 1. The molecule has 0 aliphatic rings. The first-order valence-corrected chi connectivity index (χ1v) is 10.5. The van der Waals surface area contributed by atoms with Crippen LogP contribution in [-0.4, -0.2) is 9.97 Å². The number of hydrogen-bond donors (Lipinski definition) is 2. The zero-order chi connectivity index (χ0) is 20.5. The van der Waals surface area contributed by atoms with Crippen molar-refractivity contribution in [2.45, 2.75) is 6.54 Å². The molecule has 146 valence electrons. The summed E-state index contributed by atoms with van der Waals surface area (Å²) in [6, 6.07) is 28.0. The third-order valence-electron chi connectivity index (χ3n) is 5.14. The van der Waals surface area contributed by atoms with E-state index in [9.17, 15) is 4.79 Å². The number of nitrogens with zero attached hydrogens (tertiary/aromatic N) is 1. The summed E-state index contributed by atoms with van der Waals surface area (Å²) >= 11 is 3.46. The number of aromatic nitrogens is 2. The topological polar surface area (TPSA) is 57.8 Å². The number of fused-ring (bicyclic) bond motifs is 2. The van der Waals surface area contributed by atoms with Gasteiger partial charge in [-0.2, -0.15) is 0 Å². The number of rotatable bonds is 4. The van der Waals surface area contributed by atoms with Gasteiger partial charge in [-0.05, 0) is 46.7 Å². The van der Waals surface area contributed by atoms with Gasteiger partial charge < -0.3 is 10.3 Å². The number of aromatic amines is 1. The van der Waals surface area contributed by atoms with Gasteiger partial charge >= 0.3 is 0 Å². The predicted octanol–water partition coefficient (Wildman–Crippen LogP) is 6.12. The Balaban J connectivity index is 1.56. The van der Waals surface area contributed by atoms with E-state index in [4.69, 9.17) is 4.98 Å². The second-order valence-electron chi connectivity index (χ2n) is 7.16. The normalized spacial score (nSPS) is 11.1. The van der Waals surface area contributed by atoms with Crippen molar-refractivity contribution in [3.8, 4) is 11.3 Å². The highest BCUT2D eigenvalue weighted by Crippen LogP contribution is 2.27. The van der Waals surface area contributed by atoms with Crippen LogP contribution in [0, 0.1) is 0 Å². The summed E-state index contributed by atoms with van der Waals surface area (Å²) in [5.41, 5.74) is 4.53. The van der Waals surface area contributed by atoms with E-state index in [1.807, 2.05) is 66.7 Å². The first kappa shape index (κ1) is 18.6. The fourth-order valence-corrected chi connectivity index (χ4v) is 3.86. The van der Waals surface area contributed by atoms with E-state index < -0.39 is 0 Å². The molecule has 0 spiro atoms. The lowest BCUT2D eigenvalue weighted by Crippen LogP contribution is -2.13.